The Morgan fingerprint density at radius 2 is 1.92 bits per heavy atom. The normalized spacial score (nSPS) is 21.4. The molecule has 0 radical (unpaired) electrons. The molecule has 5 nitrogen and oxygen atoms in total. The van der Waals surface area contributed by atoms with Crippen LogP contribution in [0, 0.1) is 0 Å². The molecule has 0 N–H and O–H groups in total. The standard InChI is InChI=1S/C19H23ClN4O/c1-13-19(25)23(11-15-9-5-6-10-16(15)20)12-17-21-22-18(24(13)17)14-7-3-2-4-8-14/h5-6,9-10,13-14H,2-4,7-8,11-12H2,1H3/t13-/m0/s1. The Morgan fingerprint density at radius 1 is 1.16 bits per heavy atom. The van der Waals surface area contributed by atoms with E-state index in [4.69, 9.17) is 11.6 Å². The maximum Gasteiger partial charge on any atom is 0.246 e. The van der Waals surface area contributed by atoms with E-state index in [0.717, 1.165) is 30.1 Å². The van der Waals surface area contributed by atoms with Crippen molar-refractivity contribution >= 4 is 17.5 Å². The maximum absolute atomic E-state index is 12.9. The number of carbonyl (C=O) groups excluding carboxylic acids is 1. The molecule has 1 aliphatic carbocycles. The molecule has 0 bridgehead atoms. The van der Waals surface area contributed by atoms with Crippen LogP contribution in [-0.4, -0.2) is 25.6 Å². The van der Waals surface area contributed by atoms with Crippen LogP contribution in [0.25, 0.3) is 0 Å². The largest absolute Gasteiger partial charge is 0.329 e. The van der Waals surface area contributed by atoms with Crippen molar-refractivity contribution in [1.29, 1.82) is 0 Å². The third kappa shape index (κ3) is 3.06. The van der Waals surface area contributed by atoms with Gasteiger partial charge in [0.25, 0.3) is 0 Å². The van der Waals surface area contributed by atoms with Crippen LogP contribution in [0.1, 0.15) is 68.2 Å². The highest BCUT2D eigenvalue weighted by Gasteiger charge is 2.35. The summed E-state index contributed by atoms with van der Waals surface area (Å²) in [7, 11) is 0. The fourth-order valence-corrected chi connectivity index (χ4v) is 4.29. The summed E-state index contributed by atoms with van der Waals surface area (Å²) < 4.78 is 2.08. The van der Waals surface area contributed by atoms with Gasteiger partial charge in [0.2, 0.25) is 5.91 Å². The number of benzene rings is 1. The summed E-state index contributed by atoms with van der Waals surface area (Å²) in [6.45, 7) is 2.96. The zero-order valence-electron chi connectivity index (χ0n) is 14.5. The van der Waals surface area contributed by atoms with Gasteiger partial charge >= 0.3 is 0 Å². The molecule has 2 aromatic rings. The molecule has 1 amide bonds. The van der Waals surface area contributed by atoms with Crippen LogP contribution in [0.4, 0.5) is 0 Å². The van der Waals surface area contributed by atoms with Gasteiger partial charge in [-0.05, 0) is 31.4 Å². The van der Waals surface area contributed by atoms with E-state index in [1.165, 1.54) is 19.3 Å². The third-order valence-electron chi connectivity index (χ3n) is 5.47. The van der Waals surface area contributed by atoms with Gasteiger partial charge in [0.05, 0.1) is 6.54 Å². The zero-order valence-corrected chi connectivity index (χ0v) is 15.2. The Morgan fingerprint density at radius 3 is 2.68 bits per heavy atom. The van der Waals surface area contributed by atoms with Crippen LogP contribution in [0.5, 0.6) is 0 Å². The first kappa shape index (κ1) is 16.6. The van der Waals surface area contributed by atoms with Crippen LogP contribution >= 0.6 is 11.6 Å². The molecule has 2 aliphatic rings. The van der Waals surface area contributed by atoms with Gasteiger partial charge in [-0.2, -0.15) is 0 Å². The highest BCUT2D eigenvalue weighted by atomic mass is 35.5. The summed E-state index contributed by atoms with van der Waals surface area (Å²) in [6.07, 6.45) is 6.10. The molecule has 6 heteroatoms. The summed E-state index contributed by atoms with van der Waals surface area (Å²) in [5, 5.41) is 9.58. The number of hydrogen-bond acceptors (Lipinski definition) is 3. The average molecular weight is 359 g/mol. The third-order valence-corrected chi connectivity index (χ3v) is 5.84. The van der Waals surface area contributed by atoms with Gasteiger partial charge in [-0.1, -0.05) is 49.1 Å². The monoisotopic (exact) mass is 358 g/mol. The predicted octanol–water partition coefficient (Wildman–Crippen LogP) is 4.08. The molecule has 0 unspecified atom stereocenters. The van der Waals surface area contributed by atoms with Crippen molar-refractivity contribution in [2.24, 2.45) is 0 Å². The Kier molecular flexibility index (Phi) is 4.50. The van der Waals surface area contributed by atoms with Gasteiger partial charge in [-0.3, -0.25) is 4.79 Å². The Bertz CT molecular complexity index is 781. The fraction of sp³-hybridized carbons (Fsp3) is 0.526. The molecule has 1 saturated carbocycles. The predicted molar refractivity (Wildman–Crippen MR) is 96.3 cm³/mol. The lowest BCUT2D eigenvalue weighted by Crippen LogP contribution is -2.42. The summed E-state index contributed by atoms with van der Waals surface area (Å²) >= 11 is 6.26. The van der Waals surface area contributed by atoms with E-state index in [1.54, 1.807) is 0 Å². The van der Waals surface area contributed by atoms with Crippen molar-refractivity contribution in [3.63, 3.8) is 0 Å². The minimum Gasteiger partial charge on any atom is -0.329 e. The van der Waals surface area contributed by atoms with Crippen molar-refractivity contribution < 1.29 is 4.79 Å². The number of rotatable bonds is 3. The first-order chi connectivity index (χ1) is 12.1. The van der Waals surface area contributed by atoms with Crippen molar-refractivity contribution in [2.75, 3.05) is 0 Å². The number of hydrogen-bond donors (Lipinski definition) is 0. The number of carbonyl (C=O) groups is 1. The summed E-state index contributed by atoms with van der Waals surface area (Å²) in [5.74, 6) is 2.46. The van der Waals surface area contributed by atoms with Crippen molar-refractivity contribution in [2.45, 2.75) is 64.1 Å². The zero-order chi connectivity index (χ0) is 17.4. The summed E-state index contributed by atoms with van der Waals surface area (Å²) in [6, 6.07) is 7.42. The van der Waals surface area contributed by atoms with Crippen LogP contribution in [-0.2, 0) is 17.9 Å². The Labute approximate surface area is 153 Å². The van der Waals surface area contributed by atoms with Gasteiger partial charge < -0.3 is 9.47 Å². The second-order valence-corrected chi connectivity index (χ2v) is 7.55. The molecular formula is C19H23ClN4O. The molecule has 25 heavy (non-hydrogen) atoms. The van der Waals surface area contributed by atoms with Crippen LogP contribution in [0.15, 0.2) is 24.3 Å². The molecule has 2 heterocycles. The molecule has 1 fully saturated rings. The first-order valence-corrected chi connectivity index (χ1v) is 9.49. The van der Waals surface area contributed by atoms with E-state index in [0.29, 0.717) is 24.0 Å². The van der Waals surface area contributed by atoms with E-state index in [9.17, 15) is 4.79 Å². The van der Waals surface area contributed by atoms with Gasteiger partial charge in [-0.25, -0.2) is 0 Å². The van der Waals surface area contributed by atoms with Crippen LogP contribution < -0.4 is 0 Å². The maximum atomic E-state index is 12.9. The molecule has 0 saturated heterocycles. The van der Waals surface area contributed by atoms with Crippen molar-refractivity contribution in [3.8, 4) is 0 Å². The van der Waals surface area contributed by atoms with E-state index < -0.39 is 0 Å². The summed E-state index contributed by atoms with van der Waals surface area (Å²) in [5.41, 5.74) is 0.963. The van der Waals surface area contributed by atoms with E-state index in [1.807, 2.05) is 36.1 Å². The smallest absolute Gasteiger partial charge is 0.246 e. The lowest BCUT2D eigenvalue weighted by Gasteiger charge is -2.33. The molecule has 132 valence electrons. The van der Waals surface area contributed by atoms with Crippen molar-refractivity contribution in [3.05, 3.63) is 46.5 Å². The van der Waals surface area contributed by atoms with E-state index in [-0.39, 0.29) is 11.9 Å². The van der Waals surface area contributed by atoms with Crippen LogP contribution in [0.3, 0.4) is 0 Å². The van der Waals surface area contributed by atoms with Gasteiger partial charge in [-0.15, -0.1) is 10.2 Å². The number of halogens is 1. The quantitative estimate of drug-likeness (QED) is 0.830. The molecule has 1 aliphatic heterocycles. The second-order valence-electron chi connectivity index (χ2n) is 7.14. The Hall–Kier alpha value is -1.88. The molecule has 1 aromatic carbocycles. The second kappa shape index (κ2) is 6.79. The minimum atomic E-state index is -0.252. The highest BCUT2D eigenvalue weighted by molar-refractivity contribution is 6.31. The van der Waals surface area contributed by atoms with Gasteiger partial charge in [0, 0.05) is 17.5 Å². The van der Waals surface area contributed by atoms with E-state index in [2.05, 4.69) is 14.8 Å². The highest BCUT2D eigenvalue weighted by Crippen LogP contribution is 2.35. The van der Waals surface area contributed by atoms with Gasteiger partial charge in [0.1, 0.15) is 11.9 Å². The molecule has 1 atom stereocenters. The van der Waals surface area contributed by atoms with Crippen molar-refractivity contribution in [1.82, 2.24) is 19.7 Å². The topological polar surface area (TPSA) is 51.0 Å². The van der Waals surface area contributed by atoms with E-state index >= 15 is 0 Å². The molecule has 1 aromatic heterocycles. The Balaban J connectivity index is 1.60. The van der Waals surface area contributed by atoms with Gasteiger partial charge in [0.15, 0.2) is 5.82 Å². The minimum absolute atomic E-state index is 0.115. The fourth-order valence-electron chi connectivity index (χ4n) is 4.10. The average Bonchev–Trinajstić information content (AvgIpc) is 3.06. The number of fused-ring (bicyclic) bond motifs is 1. The van der Waals surface area contributed by atoms with Crippen LogP contribution in [0.2, 0.25) is 5.02 Å². The lowest BCUT2D eigenvalue weighted by atomic mass is 9.88. The number of amides is 1. The summed E-state index contributed by atoms with van der Waals surface area (Å²) in [4.78, 5) is 14.8. The number of aromatic nitrogens is 3. The number of nitrogens with zero attached hydrogens (tertiary/aromatic N) is 4. The molecular weight excluding hydrogens is 336 g/mol. The molecule has 0 spiro atoms. The SMILES string of the molecule is C[C@H]1C(=O)N(Cc2ccccc2Cl)Cc2nnc(C3CCCCC3)n21. The lowest BCUT2D eigenvalue weighted by molar-refractivity contribution is -0.137. The first-order valence-electron chi connectivity index (χ1n) is 9.11. The molecule has 4 rings (SSSR count).